The molecule has 2 nitrogen and oxygen atoms in total. The highest BCUT2D eigenvalue weighted by molar-refractivity contribution is 4.74. The van der Waals surface area contributed by atoms with Crippen LogP contribution in [0.5, 0.6) is 0 Å². The highest BCUT2D eigenvalue weighted by Gasteiger charge is 2.16. The van der Waals surface area contributed by atoms with Crippen molar-refractivity contribution in [1.82, 2.24) is 10.2 Å². The van der Waals surface area contributed by atoms with Gasteiger partial charge in [-0.1, -0.05) is 0 Å². The second-order valence-corrected chi connectivity index (χ2v) is 4.05. The van der Waals surface area contributed by atoms with E-state index in [0.29, 0.717) is 0 Å². The van der Waals surface area contributed by atoms with E-state index in [4.69, 9.17) is 0 Å². The smallest absolute Gasteiger partial charge is 0.00767 e. The molecule has 1 rings (SSSR count). The maximum Gasteiger partial charge on any atom is 0.00767 e. The van der Waals surface area contributed by atoms with Crippen molar-refractivity contribution < 1.29 is 0 Å². The average Bonchev–Trinajstić information content (AvgIpc) is 2.28. The molecular weight excluding hydrogens is 148 g/mol. The van der Waals surface area contributed by atoms with E-state index in [1.54, 1.807) is 0 Å². The number of likely N-dealkylation sites (tertiary alicyclic amines) is 1. The molecule has 0 spiro atoms. The van der Waals surface area contributed by atoms with E-state index < -0.39 is 0 Å². The molecule has 12 heavy (non-hydrogen) atoms. The van der Waals surface area contributed by atoms with E-state index in [0.717, 1.165) is 12.1 Å². The fourth-order valence-corrected chi connectivity index (χ4v) is 1.92. The van der Waals surface area contributed by atoms with Crippen LogP contribution in [0, 0.1) is 0 Å². The lowest BCUT2D eigenvalue weighted by molar-refractivity contribution is 0.229. The Morgan fingerprint density at radius 2 is 2.00 bits per heavy atom. The van der Waals surface area contributed by atoms with Crippen molar-refractivity contribution in [2.75, 3.05) is 20.1 Å². The summed E-state index contributed by atoms with van der Waals surface area (Å²) in [5.41, 5.74) is 0. The summed E-state index contributed by atoms with van der Waals surface area (Å²) in [6.45, 7) is 7.14. The molecule has 1 atom stereocenters. The zero-order chi connectivity index (χ0) is 8.97. The lowest BCUT2D eigenvalue weighted by Gasteiger charge is -2.24. The summed E-state index contributed by atoms with van der Waals surface area (Å²) < 4.78 is 0. The molecule has 0 bridgehead atoms. The number of hydrogen-bond acceptors (Lipinski definition) is 2. The molecule has 0 aromatic carbocycles. The maximum atomic E-state index is 3.38. The third-order valence-corrected chi connectivity index (χ3v) is 2.90. The van der Waals surface area contributed by atoms with Crippen LogP contribution in [-0.2, 0) is 0 Å². The molecule has 0 aromatic heterocycles. The van der Waals surface area contributed by atoms with E-state index in [1.165, 1.54) is 32.4 Å². The second-order valence-electron chi connectivity index (χ2n) is 4.05. The van der Waals surface area contributed by atoms with Gasteiger partial charge in [0.2, 0.25) is 0 Å². The minimum Gasteiger partial charge on any atom is -0.317 e. The standard InChI is InChI=1S/C10H22N2/c1-9(2)12-7-4-5-10(11-3)6-8-12/h9-11H,4-8H2,1-3H3/t10-/m1/s1. The van der Waals surface area contributed by atoms with E-state index in [1.807, 2.05) is 0 Å². The topological polar surface area (TPSA) is 15.3 Å². The summed E-state index contributed by atoms with van der Waals surface area (Å²) in [7, 11) is 2.08. The van der Waals surface area contributed by atoms with Gasteiger partial charge < -0.3 is 10.2 Å². The number of hydrogen-bond donors (Lipinski definition) is 1. The van der Waals surface area contributed by atoms with Crippen LogP contribution < -0.4 is 5.32 Å². The van der Waals surface area contributed by atoms with Gasteiger partial charge in [-0.2, -0.15) is 0 Å². The van der Waals surface area contributed by atoms with Crippen LogP contribution in [0.2, 0.25) is 0 Å². The van der Waals surface area contributed by atoms with Gasteiger partial charge in [-0.25, -0.2) is 0 Å². The van der Waals surface area contributed by atoms with Crippen LogP contribution in [0.15, 0.2) is 0 Å². The molecule has 1 N–H and O–H groups in total. The van der Waals surface area contributed by atoms with Crippen molar-refractivity contribution in [1.29, 1.82) is 0 Å². The van der Waals surface area contributed by atoms with Gasteiger partial charge in [0.05, 0.1) is 0 Å². The van der Waals surface area contributed by atoms with Gasteiger partial charge in [0.1, 0.15) is 0 Å². The minimum atomic E-state index is 0.723. The van der Waals surface area contributed by atoms with Gasteiger partial charge in [-0.05, 0) is 53.2 Å². The molecule has 1 heterocycles. The first kappa shape index (κ1) is 10.0. The Morgan fingerprint density at radius 1 is 1.25 bits per heavy atom. The second kappa shape index (κ2) is 4.83. The molecule has 0 saturated carbocycles. The monoisotopic (exact) mass is 170 g/mol. The van der Waals surface area contributed by atoms with E-state index in [9.17, 15) is 0 Å². The average molecular weight is 170 g/mol. The Kier molecular flexibility index (Phi) is 4.02. The summed E-state index contributed by atoms with van der Waals surface area (Å²) in [6, 6.07) is 1.48. The summed E-state index contributed by atoms with van der Waals surface area (Å²) in [6.07, 6.45) is 4.01. The molecule has 1 fully saturated rings. The fraction of sp³-hybridized carbons (Fsp3) is 1.00. The van der Waals surface area contributed by atoms with Gasteiger partial charge >= 0.3 is 0 Å². The zero-order valence-corrected chi connectivity index (χ0v) is 8.64. The summed E-state index contributed by atoms with van der Waals surface area (Å²) in [4.78, 5) is 2.58. The van der Waals surface area contributed by atoms with Gasteiger partial charge in [0.25, 0.3) is 0 Å². The van der Waals surface area contributed by atoms with Gasteiger partial charge in [-0.3, -0.25) is 0 Å². The van der Waals surface area contributed by atoms with E-state index in [-0.39, 0.29) is 0 Å². The van der Waals surface area contributed by atoms with Crippen molar-refractivity contribution in [3.05, 3.63) is 0 Å². The Hall–Kier alpha value is -0.0800. The molecule has 0 radical (unpaired) electrons. The number of nitrogens with one attached hydrogen (secondary N) is 1. The molecule has 2 heteroatoms. The summed E-state index contributed by atoms with van der Waals surface area (Å²) in [5.74, 6) is 0. The molecule has 72 valence electrons. The van der Waals surface area contributed by atoms with Gasteiger partial charge in [0.15, 0.2) is 0 Å². The first-order valence-corrected chi connectivity index (χ1v) is 5.15. The van der Waals surface area contributed by atoms with Crippen LogP contribution in [0.25, 0.3) is 0 Å². The molecule has 0 amide bonds. The van der Waals surface area contributed by atoms with Gasteiger partial charge in [0, 0.05) is 12.1 Å². The first-order chi connectivity index (χ1) is 5.74. The summed E-state index contributed by atoms with van der Waals surface area (Å²) >= 11 is 0. The van der Waals surface area contributed by atoms with Crippen LogP contribution >= 0.6 is 0 Å². The van der Waals surface area contributed by atoms with Crippen molar-refractivity contribution >= 4 is 0 Å². The number of rotatable bonds is 2. The molecule has 0 aromatic rings. The van der Waals surface area contributed by atoms with Crippen LogP contribution in [0.3, 0.4) is 0 Å². The highest BCUT2D eigenvalue weighted by Crippen LogP contribution is 2.12. The molecule has 0 aliphatic carbocycles. The third-order valence-electron chi connectivity index (χ3n) is 2.90. The Morgan fingerprint density at radius 3 is 2.58 bits per heavy atom. The van der Waals surface area contributed by atoms with Crippen molar-refractivity contribution in [2.45, 2.75) is 45.2 Å². The van der Waals surface area contributed by atoms with Crippen LogP contribution in [0.1, 0.15) is 33.1 Å². The first-order valence-electron chi connectivity index (χ1n) is 5.15. The lowest BCUT2D eigenvalue weighted by atomic mass is 10.1. The zero-order valence-electron chi connectivity index (χ0n) is 8.64. The summed E-state index contributed by atoms with van der Waals surface area (Å²) in [5, 5.41) is 3.38. The highest BCUT2D eigenvalue weighted by atomic mass is 15.1. The van der Waals surface area contributed by atoms with Crippen LogP contribution in [-0.4, -0.2) is 37.1 Å². The van der Waals surface area contributed by atoms with Crippen LogP contribution in [0.4, 0.5) is 0 Å². The van der Waals surface area contributed by atoms with Gasteiger partial charge in [-0.15, -0.1) is 0 Å². The lowest BCUT2D eigenvalue weighted by Crippen LogP contribution is -2.33. The Balaban J connectivity index is 2.34. The number of nitrogens with zero attached hydrogens (tertiary/aromatic N) is 1. The predicted octanol–water partition coefficient (Wildman–Crippen LogP) is 1.47. The normalized spacial score (nSPS) is 27.5. The van der Waals surface area contributed by atoms with Crippen molar-refractivity contribution in [2.24, 2.45) is 0 Å². The SMILES string of the molecule is CN[C@@H]1CCCN(C(C)C)CC1. The fourth-order valence-electron chi connectivity index (χ4n) is 1.92. The van der Waals surface area contributed by atoms with Crippen molar-refractivity contribution in [3.8, 4) is 0 Å². The molecule has 1 saturated heterocycles. The predicted molar refractivity (Wildman–Crippen MR) is 53.4 cm³/mol. The Labute approximate surface area is 76.3 Å². The van der Waals surface area contributed by atoms with E-state index >= 15 is 0 Å². The molecule has 1 aliphatic rings. The largest absolute Gasteiger partial charge is 0.317 e. The third kappa shape index (κ3) is 2.76. The van der Waals surface area contributed by atoms with Crippen molar-refractivity contribution in [3.63, 3.8) is 0 Å². The van der Waals surface area contributed by atoms with E-state index in [2.05, 4.69) is 31.1 Å². The molecule has 1 aliphatic heterocycles. The molecule has 0 unspecified atom stereocenters. The maximum absolute atomic E-state index is 3.38. The molecular formula is C10H22N2. The quantitative estimate of drug-likeness (QED) is 0.675. The minimum absolute atomic E-state index is 0.723. The Bertz CT molecular complexity index is 123.